The highest BCUT2D eigenvalue weighted by Gasteiger charge is 2.50. The number of hydrogen-bond donors (Lipinski definition) is 3. The number of para-hydroxylation sites is 2. The summed E-state index contributed by atoms with van der Waals surface area (Å²) in [4.78, 5) is 41.8. The van der Waals surface area contributed by atoms with Gasteiger partial charge in [0.1, 0.15) is 29.1 Å². The standard InChI is InChI=1S/C31H34N2O7/c1-2-3-4-9-15-33(30(37)22-17-19-10-5-7-12-24(19)40-31(22)38)23-18-21(29(36)32-14-16-34)26-20-11-6-8-13-25(20)39-28(26)27(23)35/h5-8,10-13,17-18,23,26-28,34-35H,2-4,9,14-16H2,1H3,(H,32,36)/t23-,26+,27+,28+/m1/s1. The van der Waals surface area contributed by atoms with E-state index in [4.69, 9.17) is 9.15 Å². The highest BCUT2D eigenvalue weighted by molar-refractivity contribution is 5.98. The zero-order chi connectivity index (χ0) is 28.2. The van der Waals surface area contributed by atoms with Crippen molar-refractivity contribution >= 4 is 22.8 Å². The molecule has 0 bridgehead atoms. The molecule has 0 saturated heterocycles. The molecule has 0 spiro atoms. The van der Waals surface area contributed by atoms with Crippen LogP contribution in [-0.4, -0.2) is 64.9 Å². The smallest absolute Gasteiger partial charge is 0.349 e. The van der Waals surface area contributed by atoms with E-state index >= 15 is 0 Å². The van der Waals surface area contributed by atoms with Crippen LogP contribution in [0.25, 0.3) is 11.0 Å². The number of ether oxygens (including phenoxy) is 1. The Morgan fingerprint density at radius 1 is 1.05 bits per heavy atom. The van der Waals surface area contributed by atoms with E-state index < -0.39 is 41.6 Å². The molecule has 2 amide bonds. The number of carbonyl (C=O) groups is 2. The molecule has 2 heterocycles. The van der Waals surface area contributed by atoms with Gasteiger partial charge in [0.15, 0.2) is 0 Å². The third kappa shape index (κ3) is 5.26. The Kier molecular flexibility index (Phi) is 8.32. The molecule has 40 heavy (non-hydrogen) atoms. The summed E-state index contributed by atoms with van der Waals surface area (Å²) < 4.78 is 11.6. The summed E-state index contributed by atoms with van der Waals surface area (Å²) in [6, 6.07) is 14.8. The molecule has 0 radical (unpaired) electrons. The van der Waals surface area contributed by atoms with Crippen molar-refractivity contribution in [2.24, 2.45) is 0 Å². The van der Waals surface area contributed by atoms with Gasteiger partial charge in [0.2, 0.25) is 5.91 Å². The second-order valence-electron chi connectivity index (χ2n) is 10.2. The van der Waals surface area contributed by atoms with E-state index in [1.165, 1.54) is 11.0 Å². The molecule has 2 aliphatic rings. The molecule has 5 rings (SSSR count). The minimum atomic E-state index is -1.17. The molecule has 2 aromatic carbocycles. The Morgan fingerprint density at radius 3 is 2.62 bits per heavy atom. The third-order valence-corrected chi connectivity index (χ3v) is 7.62. The number of nitrogens with one attached hydrogen (secondary N) is 1. The van der Waals surface area contributed by atoms with Crippen molar-refractivity contribution in [1.29, 1.82) is 0 Å². The molecule has 0 unspecified atom stereocenters. The number of carbonyl (C=O) groups excluding carboxylic acids is 2. The number of fused-ring (bicyclic) bond motifs is 4. The zero-order valence-corrected chi connectivity index (χ0v) is 22.4. The lowest BCUT2D eigenvalue weighted by Gasteiger charge is -2.40. The first kappa shape index (κ1) is 27.6. The van der Waals surface area contributed by atoms with E-state index in [1.807, 2.05) is 18.2 Å². The van der Waals surface area contributed by atoms with Gasteiger partial charge in [-0.1, -0.05) is 62.6 Å². The van der Waals surface area contributed by atoms with E-state index in [0.29, 0.717) is 28.7 Å². The first-order chi connectivity index (χ1) is 19.4. The topological polar surface area (TPSA) is 129 Å². The molecule has 4 atom stereocenters. The lowest BCUT2D eigenvalue weighted by molar-refractivity contribution is -0.118. The van der Waals surface area contributed by atoms with Gasteiger partial charge < -0.3 is 29.6 Å². The predicted molar refractivity (Wildman–Crippen MR) is 149 cm³/mol. The van der Waals surface area contributed by atoms with Crippen LogP contribution in [0.1, 0.15) is 54.4 Å². The molecule has 1 aromatic heterocycles. The fraction of sp³-hybridized carbons (Fsp3) is 0.387. The Hall–Kier alpha value is -3.95. The molecule has 3 aromatic rings. The highest BCUT2D eigenvalue weighted by atomic mass is 16.5. The Labute approximate surface area is 232 Å². The summed E-state index contributed by atoms with van der Waals surface area (Å²) in [5.74, 6) is -0.983. The lowest BCUT2D eigenvalue weighted by Crippen LogP contribution is -2.56. The van der Waals surface area contributed by atoms with Crippen LogP contribution < -0.4 is 15.7 Å². The summed E-state index contributed by atoms with van der Waals surface area (Å²) in [6.07, 6.45) is 3.11. The molecule has 9 heteroatoms. The maximum atomic E-state index is 14.0. The van der Waals surface area contributed by atoms with Gasteiger partial charge in [-0.25, -0.2) is 4.79 Å². The van der Waals surface area contributed by atoms with E-state index in [-0.39, 0.29) is 25.3 Å². The van der Waals surface area contributed by atoms with Crippen LogP contribution in [0.2, 0.25) is 0 Å². The molecule has 1 aliphatic heterocycles. The number of amides is 2. The van der Waals surface area contributed by atoms with Crippen LogP contribution in [-0.2, 0) is 4.79 Å². The molecule has 210 valence electrons. The minimum Gasteiger partial charge on any atom is -0.486 e. The zero-order valence-electron chi connectivity index (χ0n) is 22.4. The number of hydrogen-bond acceptors (Lipinski definition) is 7. The van der Waals surface area contributed by atoms with Crippen molar-refractivity contribution in [2.75, 3.05) is 19.7 Å². The summed E-state index contributed by atoms with van der Waals surface area (Å²) in [7, 11) is 0. The quantitative estimate of drug-likeness (QED) is 0.263. The van der Waals surface area contributed by atoms with E-state index in [1.54, 1.807) is 36.4 Å². The van der Waals surface area contributed by atoms with Gasteiger partial charge in [-0.05, 0) is 30.7 Å². The summed E-state index contributed by atoms with van der Waals surface area (Å²) in [5, 5.41) is 24.3. The molecule has 0 fully saturated rings. The van der Waals surface area contributed by atoms with Crippen molar-refractivity contribution in [3.05, 3.63) is 87.8 Å². The number of benzene rings is 2. The number of unbranched alkanes of at least 4 members (excludes halogenated alkanes) is 3. The van der Waals surface area contributed by atoms with Gasteiger partial charge >= 0.3 is 5.63 Å². The molecular formula is C31H34N2O7. The van der Waals surface area contributed by atoms with Crippen LogP contribution in [0.15, 0.2) is 75.5 Å². The number of aliphatic hydroxyl groups is 2. The molecule has 1 aliphatic carbocycles. The van der Waals surface area contributed by atoms with Gasteiger partial charge in [0, 0.05) is 29.6 Å². The maximum Gasteiger partial charge on any atom is 0.349 e. The predicted octanol–water partition coefficient (Wildman–Crippen LogP) is 3.14. The van der Waals surface area contributed by atoms with E-state index in [9.17, 15) is 24.6 Å². The largest absolute Gasteiger partial charge is 0.486 e. The van der Waals surface area contributed by atoms with Crippen LogP contribution in [0, 0.1) is 0 Å². The van der Waals surface area contributed by atoms with Gasteiger partial charge in [-0.2, -0.15) is 0 Å². The summed E-state index contributed by atoms with van der Waals surface area (Å²) in [5.41, 5.74) is 0.583. The maximum absolute atomic E-state index is 14.0. The van der Waals surface area contributed by atoms with E-state index in [2.05, 4.69) is 12.2 Å². The van der Waals surface area contributed by atoms with Crippen LogP contribution >= 0.6 is 0 Å². The molecule has 0 saturated carbocycles. The lowest BCUT2D eigenvalue weighted by atomic mass is 9.77. The SMILES string of the molecule is CCCCCCN(C(=O)c1cc2ccccc2oc1=O)[C@@H]1C=C(C(=O)NCCO)[C@@H]2c3ccccc3O[C@@H]2[C@H]1O. The summed E-state index contributed by atoms with van der Waals surface area (Å²) in [6.45, 7) is 2.18. The molecule has 3 N–H and O–H groups in total. The molecule has 9 nitrogen and oxygen atoms in total. The van der Waals surface area contributed by atoms with Crippen LogP contribution in [0.4, 0.5) is 0 Å². The number of rotatable bonds is 10. The van der Waals surface area contributed by atoms with Crippen LogP contribution in [0.5, 0.6) is 5.75 Å². The Morgan fingerprint density at radius 2 is 1.82 bits per heavy atom. The second-order valence-corrected chi connectivity index (χ2v) is 10.2. The van der Waals surface area contributed by atoms with Crippen LogP contribution in [0.3, 0.4) is 0 Å². The van der Waals surface area contributed by atoms with Gasteiger partial charge in [-0.3, -0.25) is 9.59 Å². The number of aliphatic hydroxyl groups excluding tert-OH is 2. The second kappa shape index (κ2) is 12.1. The average Bonchev–Trinajstić information content (AvgIpc) is 3.36. The van der Waals surface area contributed by atoms with Gasteiger partial charge in [0.25, 0.3) is 5.91 Å². The monoisotopic (exact) mass is 546 g/mol. The van der Waals surface area contributed by atoms with Gasteiger partial charge in [-0.15, -0.1) is 0 Å². The fourth-order valence-electron chi connectivity index (χ4n) is 5.65. The van der Waals surface area contributed by atoms with E-state index in [0.717, 1.165) is 24.8 Å². The normalized spacial score (nSPS) is 21.2. The van der Waals surface area contributed by atoms with Crippen molar-refractivity contribution in [3.63, 3.8) is 0 Å². The Bertz CT molecular complexity index is 1480. The molecular weight excluding hydrogens is 512 g/mol. The first-order valence-electron chi connectivity index (χ1n) is 13.8. The third-order valence-electron chi connectivity index (χ3n) is 7.62. The average molecular weight is 547 g/mol. The van der Waals surface area contributed by atoms with Crippen molar-refractivity contribution < 1.29 is 29.0 Å². The van der Waals surface area contributed by atoms with Crippen molar-refractivity contribution in [2.45, 2.75) is 56.8 Å². The number of nitrogens with zero attached hydrogens (tertiary/aromatic N) is 1. The van der Waals surface area contributed by atoms with Crippen molar-refractivity contribution in [3.8, 4) is 5.75 Å². The Balaban J connectivity index is 1.57. The van der Waals surface area contributed by atoms with Crippen molar-refractivity contribution in [1.82, 2.24) is 10.2 Å². The summed E-state index contributed by atoms with van der Waals surface area (Å²) >= 11 is 0. The highest BCUT2D eigenvalue weighted by Crippen LogP contribution is 2.47. The van der Waals surface area contributed by atoms with Gasteiger partial charge in [0.05, 0.1) is 18.6 Å². The fourth-order valence-corrected chi connectivity index (χ4v) is 5.65. The minimum absolute atomic E-state index is 0.0566. The first-order valence-corrected chi connectivity index (χ1v) is 13.8.